The van der Waals surface area contributed by atoms with Crippen LogP contribution < -0.4 is 10.2 Å². The Bertz CT molecular complexity index is 377. The number of likely N-dealkylation sites (N-methyl/N-ethyl adjacent to an activating group) is 1. The molecule has 0 bridgehead atoms. The zero-order valence-electron chi connectivity index (χ0n) is 8.98. The summed E-state index contributed by atoms with van der Waals surface area (Å²) in [5.41, 5.74) is 0. The molecular weight excluding hydrogens is 272 g/mol. The standard InChI is InChI=1S/C10H13BrN4O/c1-15(6-9(16)14-8-2-3-8)10-12-4-7(11)5-13-10/h4-5,8H,2-3,6H2,1H3,(H,14,16). The van der Waals surface area contributed by atoms with Gasteiger partial charge in [0.05, 0.1) is 11.0 Å². The molecule has 1 aromatic rings. The van der Waals surface area contributed by atoms with Crippen LogP contribution in [0.25, 0.3) is 0 Å². The molecule has 1 aliphatic carbocycles. The van der Waals surface area contributed by atoms with Gasteiger partial charge in [-0.05, 0) is 28.8 Å². The highest BCUT2D eigenvalue weighted by Crippen LogP contribution is 2.18. The van der Waals surface area contributed by atoms with E-state index in [1.54, 1.807) is 24.3 Å². The molecule has 5 nitrogen and oxygen atoms in total. The van der Waals surface area contributed by atoms with E-state index in [0.29, 0.717) is 12.0 Å². The second-order valence-electron chi connectivity index (χ2n) is 3.90. The number of aromatic nitrogens is 2. The van der Waals surface area contributed by atoms with Crippen molar-refractivity contribution in [2.75, 3.05) is 18.5 Å². The van der Waals surface area contributed by atoms with E-state index < -0.39 is 0 Å². The first kappa shape index (κ1) is 11.3. The Hall–Kier alpha value is -1.17. The maximum atomic E-state index is 11.5. The van der Waals surface area contributed by atoms with E-state index in [9.17, 15) is 4.79 Å². The highest BCUT2D eigenvalue weighted by atomic mass is 79.9. The summed E-state index contributed by atoms with van der Waals surface area (Å²) in [6.45, 7) is 0.290. The third kappa shape index (κ3) is 3.16. The van der Waals surface area contributed by atoms with Crippen LogP contribution in [0.3, 0.4) is 0 Å². The average molecular weight is 285 g/mol. The second-order valence-corrected chi connectivity index (χ2v) is 4.81. The van der Waals surface area contributed by atoms with E-state index in [4.69, 9.17) is 0 Å². The quantitative estimate of drug-likeness (QED) is 0.895. The normalized spacial score (nSPS) is 14.6. The van der Waals surface area contributed by atoms with Crippen molar-refractivity contribution in [2.24, 2.45) is 0 Å². The summed E-state index contributed by atoms with van der Waals surface area (Å²) in [5, 5.41) is 2.92. The van der Waals surface area contributed by atoms with Gasteiger partial charge in [0.15, 0.2) is 0 Å². The van der Waals surface area contributed by atoms with Crippen LogP contribution in [0.2, 0.25) is 0 Å². The molecule has 1 heterocycles. The van der Waals surface area contributed by atoms with Gasteiger partial charge >= 0.3 is 0 Å². The lowest BCUT2D eigenvalue weighted by atomic mass is 10.5. The SMILES string of the molecule is CN(CC(=O)NC1CC1)c1ncc(Br)cn1. The lowest BCUT2D eigenvalue weighted by Gasteiger charge is -2.16. The van der Waals surface area contributed by atoms with Crippen LogP contribution in [0.5, 0.6) is 0 Å². The molecule has 0 atom stereocenters. The minimum Gasteiger partial charge on any atom is -0.352 e. The molecule has 16 heavy (non-hydrogen) atoms. The van der Waals surface area contributed by atoms with Gasteiger partial charge in [-0.15, -0.1) is 0 Å². The van der Waals surface area contributed by atoms with Crippen molar-refractivity contribution in [1.29, 1.82) is 0 Å². The number of nitrogens with one attached hydrogen (secondary N) is 1. The molecular formula is C10H13BrN4O. The fraction of sp³-hybridized carbons (Fsp3) is 0.500. The molecule has 6 heteroatoms. The molecule has 0 spiro atoms. The predicted molar refractivity (Wildman–Crippen MR) is 64.2 cm³/mol. The Morgan fingerprint density at radius 2 is 2.19 bits per heavy atom. The summed E-state index contributed by atoms with van der Waals surface area (Å²) >= 11 is 3.26. The number of halogens is 1. The van der Waals surface area contributed by atoms with Crippen LogP contribution in [0.1, 0.15) is 12.8 Å². The summed E-state index contributed by atoms with van der Waals surface area (Å²) in [5.74, 6) is 0.575. The number of hydrogen-bond donors (Lipinski definition) is 1. The zero-order valence-corrected chi connectivity index (χ0v) is 10.6. The van der Waals surface area contributed by atoms with Crippen LogP contribution >= 0.6 is 15.9 Å². The van der Waals surface area contributed by atoms with Gasteiger partial charge in [-0.1, -0.05) is 0 Å². The molecule has 0 aliphatic heterocycles. The third-order valence-electron chi connectivity index (χ3n) is 2.27. The highest BCUT2D eigenvalue weighted by Gasteiger charge is 2.23. The molecule has 1 N–H and O–H groups in total. The molecule has 0 radical (unpaired) electrons. The predicted octanol–water partition coefficient (Wildman–Crippen LogP) is 0.954. The van der Waals surface area contributed by atoms with E-state index in [-0.39, 0.29) is 12.5 Å². The molecule has 2 rings (SSSR count). The largest absolute Gasteiger partial charge is 0.352 e. The van der Waals surface area contributed by atoms with Gasteiger partial charge in [-0.2, -0.15) is 0 Å². The van der Waals surface area contributed by atoms with Crippen molar-refractivity contribution in [3.05, 3.63) is 16.9 Å². The zero-order chi connectivity index (χ0) is 11.5. The van der Waals surface area contributed by atoms with Gasteiger partial charge < -0.3 is 10.2 Å². The molecule has 1 fully saturated rings. The van der Waals surface area contributed by atoms with Crippen LogP contribution in [-0.4, -0.2) is 35.5 Å². The van der Waals surface area contributed by atoms with Gasteiger partial charge in [0, 0.05) is 25.5 Å². The fourth-order valence-corrected chi connectivity index (χ4v) is 1.49. The lowest BCUT2D eigenvalue weighted by molar-refractivity contribution is -0.119. The molecule has 1 aromatic heterocycles. The number of carbonyl (C=O) groups excluding carboxylic acids is 1. The van der Waals surface area contributed by atoms with Crippen molar-refractivity contribution in [1.82, 2.24) is 15.3 Å². The molecule has 0 saturated heterocycles. The highest BCUT2D eigenvalue weighted by molar-refractivity contribution is 9.10. The van der Waals surface area contributed by atoms with Gasteiger partial charge in [0.1, 0.15) is 0 Å². The van der Waals surface area contributed by atoms with Crippen LogP contribution in [0.4, 0.5) is 5.95 Å². The molecule has 86 valence electrons. The molecule has 1 aliphatic rings. The van der Waals surface area contributed by atoms with Crippen LogP contribution in [0.15, 0.2) is 16.9 Å². The summed E-state index contributed by atoms with van der Waals surface area (Å²) in [7, 11) is 1.80. The first-order valence-electron chi connectivity index (χ1n) is 5.13. The first-order chi connectivity index (χ1) is 7.65. The maximum absolute atomic E-state index is 11.5. The second kappa shape index (κ2) is 4.78. The van der Waals surface area contributed by atoms with Gasteiger partial charge in [-0.3, -0.25) is 4.79 Å². The number of hydrogen-bond acceptors (Lipinski definition) is 4. The fourth-order valence-electron chi connectivity index (χ4n) is 1.29. The van der Waals surface area contributed by atoms with E-state index >= 15 is 0 Å². The smallest absolute Gasteiger partial charge is 0.239 e. The minimum atomic E-state index is 0.0246. The summed E-state index contributed by atoms with van der Waals surface area (Å²) in [6.07, 6.45) is 5.53. The Balaban J connectivity index is 1.88. The number of rotatable bonds is 4. The Morgan fingerprint density at radius 1 is 1.56 bits per heavy atom. The molecule has 1 saturated carbocycles. The van der Waals surface area contributed by atoms with E-state index in [1.807, 2.05) is 0 Å². The van der Waals surface area contributed by atoms with Crippen molar-refractivity contribution in [3.8, 4) is 0 Å². The Labute approximate surface area is 102 Å². The van der Waals surface area contributed by atoms with E-state index in [2.05, 4.69) is 31.2 Å². The van der Waals surface area contributed by atoms with Gasteiger partial charge in [-0.25, -0.2) is 9.97 Å². The van der Waals surface area contributed by atoms with Crippen LogP contribution in [-0.2, 0) is 4.79 Å². The third-order valence-corrected chi connectivity index (χ3v) is 2.68. The number of nitrogens with zero attached hydrogens (tertiary/aromatic N) is 3. The van der Waals surface area contributed by atoms with E-state index in [0.717, 1.165) is 17.3 Å². The van der Waals surface area contributed by atoms with Gasteiger partial charge in [0.2, 0.25) is 11.9 Å². The lowest BCUT2D eigenvalue weighted by Crippen LogP contribution is -2.36. The minimum absolute atomic E-state index is 0.0246. The van der Waals surface area contributed by atoms with Crippen molar-refractivity contribution < 1.29 is 4.79 Å². The number of amides is 1. The summed E-state index contributed by atoms with van der Waals surface area (Å²) in [6, 6.07) is 0.395. The van der Waals surface area contributed by atoms with Gasteiger partial charge in [0.25, 0.3) is 0 Å². The van der Waals surface area contributed by atoms with Crippen molar-refractivity contribution in [2.45, 2.75) is 18.9 Å². The van der Waals surface area contributed by atoms with Crippen molar-refractivity contribution >= 4 is 27.8 Å². The van der Waals surface area contributed by atoms with E-state index in [1.165, 1.54) is 0 Å². The first-order valence-corrected chi connectivity index (χ1v) is 5.92. The number of carbonyl (C=O) groups is 1. The summed E-state index contributed by atoms with van der Waals surface area (Å²) < 4.78 is 0.826. The Kier molecular flexibility index (Phi) is 3.38. The molecule has 0 unspecified atom stereocenters. The maximum Gasteiger partial charge on any atom is 0.239 e. The molecule has 0 aromatic carbocycles. The molecule has 1 amide bonds. The van der Waals surface area contributed by atoms with Crippen LogP contribution in [0, 0.1) is 0 Å². The Morgan fingerprint density at radius 3 is 2.75 bits per heavy atom. The summed E-state index contributed by atoms with van der Waals surface area (Å²) in [4.78, 5) is 21.5. The average Bonchev–Trinajstić information content (AvgIpc) is 3.02. The monoisotopic (exact) mass is 284 g/mol. The topological polar surface area (TPSA) is 58.1 Å². The number of anilines is 1. The van der Waals surface area contributed by atoms with Crippen molar-refractivity contribution in [3.63, 3.8) is 0 Å².